The van der Waals surface area contributed by atoms with E-state index in [1.54, 1.807) is 0 Å². The molecular formula is C36H52O5. The van der Waals surface area contributed by atoms with Gasteiger partial charge in [0.2, 0.25) is 0 Å². The highest BCUT2D eigenvalue weighted by atomic mass is 16.7. The molecule has 1 aliphatic heterocycles. The molecule has 0 aromatic heterocycles. The van der Waals surface area contributed by atoms with Crippen LogP contribution in [0.15, 0.2) is 42.5 Å². The summed E-state index contributed by atoms with van der Waals surface area (Å²) in [5.41, 5.74) is 1.07. The van der Waals surface area contributed by atoms with Crippen molar-refractivity contribution in [3.63, 3.8) is 0 Å². The molecule has 10 atom stereocenters. The first-order chi connectivity index (χ1) is 19.6. The number of allylic oxidation sites excluding steroid dienone is 1. The van der Waals surface area contributed by atoms with E-state index in [0.29, 0.717) is 54.3 Å². The molecule has 4 unspecified atom stereocenters. The van der Waals surface area contributed by atoms with Crippen LogP contribution >= 0.6 is 0 Å². The van der Waals surface area contributed by atoms with Gasteiger partial charge in [0.05, 0.1) is 24.9 Å². The fourth-order valence-corrected chi connectivity index (χ4v) is 10.4. The van der Waals surface area contributed by atoms with Crippen LogP contribution in [0.25, 0.3) is 0 Å². The normalized spacial score (nSPS) is 41.1. The Morgan fingerprint density at radius 2 is 1.66 bits per heavy atom. The third kappa shape index (κ3) is 5.12. The summed E-state index contributed by atoms with van der Waals surface area (Å²) in [6, 6.07) is 9.53. The molecule has 1 aromatic carbocycles. The SMILES string of the molecule is CC(C)[C@H](O)/C=C/C(C)[C@H]1CCC2C3C(CC[C@@]21C)[C@@]1(C)CCC2(C[C@@H]1C[C@H]3OC(=O)c1ccccc1)OCCO2. The maximum atomic E-state index is 13.5. The largest absolute Gasteiger partial charge is 0.458 e. The number of fused-ring (bicyclic) bond motifs is 5. The second-order valence-electron chi connectivity index (χ2n) is 15.1. The Hall–Kier alpha value is -1.69. The Kier molecular flexibility index (Phi) is 7.96. The zero-order valence-electron chi connectivity index (χ0n) is 25.9. The Balaban J connectivity index is 1.30. The predicted octanol–water partition coefficient (Wildman–Crippen LogP) is 7.43. The van der Waals surface area contributed by atoms with Crippen LogP contribution in [0, 0.1) is 52.3 Å². The topological polar surface area (TPSA) is 65.0 Å². The minimum atomic E-state index is -0.436. The van der Waals surface area contributed by atoms with Gasteiger partial charge >= 0.3 is 5.97 Å². The van der Waals surface area contributed by atoms with Crippen LogP contribution in [0.3, 0.4) is 0 Å². The number of carbonyl (C=O) groups is 1. The maximum Gasteiger partial charge on any atom is 0.338 e. The summed E-state index contributed by atoms with van der Waals surface area (Å²) >= 11 is 0. The molecule has 226 valence electrons. The number of aliphatic hydroxyl groups is 1. The standard InChI is InChI=1S/C36H52O5/c1-23(2)30(37)14-11-24(3)27-12-13-28-32-29(15-16-35(27,28)5)34(4)17-18-36(39-19-20-40-36)22-26(34)21-31(32)41-33(38)25-9-7-6-8-10-25/h6-11,14,23-24,26-32,37H,12-13,15-22H2,1-5H3/b14-11+/t24?,26-,27+,28?,29?,30+,31+,32?,34-,35+/m0/s1. The molecule has 0 bridgehead atoms. The summed E-state index contributed by atoms with van der Waals surface area (Å²) in [5.74, 6) is 2.49. The van der Waals surface area contributed by atoms with Gasteiger partial charge in [-0.1, -0.05) is 65.0 Å². The molecule has 1 heterocycles. The van der Waals surface area contributed by atoms with Gasteiger partial charge in [-0.15, -0.1) is 0 Å². The van der Waals surface area contributed by atoms with Crippen molar-refractivity contribution in [1.29, 1.82) is 0 Å². The second-order valence-corrected chi connectivity index (χ2v) is 15.1. The molecule has 5 heteroatoms. The molecule has 6 rings (SSSR count). The fraction of sp³-hybridized carbons (Fsp3) is 0.750. The fourth-order valence-electron chi connectivity index (χ4n) is 10.4. The van der Waals surface area contributed by atoms with Crippen molar-refractivity contribution < 1.29 is 24.1 Å². The van der Waals surface area contributed by atoms with Crippen molar-refractivity contribution in [2.24, 2.45) is 52.3 Å². The van der Waals surface area contributed by atoms with Crippen molar-refractivity contribution in [2.45, 2.75) is 104 Å². The molecule has 4 aliphatic carbocycles. The van der Waals surface area contributed by atoms with Gasteiger partial charge < -0.3 is 19.3 Å². The van der Waals surface area contributed by atoms with Gasteiger partial charge in [-0.25, -0.2) is 4.79 Å². The average molecular weight is 565 g/mol. The first-order valence-electron chi connectivity index (χ1n) is 16.5. The number of benzene rings is 1. The number of hydrogen-bond acceptors (Lipinski definition) is 5. The maximum absolute atomic E-state index is 13.5. The molecule has 5 nitrogen and oxygen atoms in total. The van der Waals surface area contributed by atoms with E-state index in [9.17, 15) is 9.90 Å². The molecule has 0 amide bonds. The number of rotatable bonds is 6. The lowest BCUT2D eigenvalue weighted by atomic mass is 9.43. The van der Waals surface area contributed by atoms with E-state index in [-0.39, 0.29) is 28.8 Å². The summed E-state index contributed by atoms with van der Waals surface area (Å²) < 4.78 is 19.0. The highest BCUT2D eigenvalue weighted by Crippen LogP contribution is 2.69. The van der Waals surface area contributed by atoms with E-state index >= 15 is 0 Å². The van der Waals surface area contributed by atoms with Crippen LogP contribution in [0.1, 0.15) is 96.3 Å². The Labute approximate surface area is 247 Å². The molecule has 4 saturated carbocycles. The minimum Gasteiger partial charge on any atom is -0.458 e. The van der Waals surface area contributed by atoms with E-state index in [1.807, 2.05) is 36.4 Å². The third-order valence-electron chi connectivity index (χ3n) is 12.7. The molecule has 5 fully saturated rings. The van der Waals surface area contributed by atoms with Crippen LogP contribution in [0.4, 0.5) is 0 Å². The number of esters is 1. The molecule has 1 aromatic rings. The molecule has 1 N–H and O–H groups in total. The van der Waals surface area contributed by atoms with E-state index in [2.05, 4.69) is 40.7 Å². The summed E-state index contributed by atoms with van der Waals surface area (Å²) in [6.45, 7) is 12.9. The van der Waals surface area contributed by atoms with E-state index in [0.717, 1.165) is 25.7 Å². The molecule has 1 spiro atoms. The number of aliphatic hydroxyl groups excluding tert-OH is 1. The van der Waals surface area contributed by atoms with Gasteiger partial charge in [-0.3, -0.25) is 0 Å². The van der Waals surface area contributed by atoms with Crippen molar-refractivity contribution in [1.82, 2.24) is 0 Å². The van der Waals surface area contributed by atoms with Crippen molar-refractivity contribution in [3.05, 3.63) is 48.0 Å². The highest BCUT2D eigenvalue weighted by Gasteiger charge is 2.65. The van der Waals surface area contributed by atoms with E-state index in [1.165, 1.54) is 25.7 Å². The Morgan fingerprint density at radius 3 is 2.37 bits per heavy atom. The van der Waals surface area contributed by atoms with Crippen molar-refractivity contribution in [2.75, 3.05) is 13.2 Å². The van der Waals surface area contributed by atoms with Gasteiger partial charge in [-0.2, -0.15) is 0 Å². The summed E-state index contributed by atoms with van der Waals surface area (Å²) in [5, 5.41) is 10.4. The van der Waals surface area contributed by atoms with Gasteiger partial charge in [0.25, 0.3) is 0 Å². The van der Waals surface area contributed by atoms with Crippen molar-refractivity contribution >= 4 is 5.97 Å². The van der Waals surface area contributed by atoms with E-state index < -0.39 is 11.9 Å². The van der Waals surface area contributed by atoms with Crippen molar-refractivity contribution in [3.8, 4) is 0 Å². The molecular weight excluding hydrogens is 512 g/mol. The van der Waals surface area contributed by atoms with Gasteiger partial charge in [0.1, 0.15) is 6.10 Å². The zero-order valence-corrected chi connectivity index (χ0v) is 25.9. The smallest absolute Gasteiger partial charge is 0.338 e. The van der Waals surface area contributed by atoms with E-state index in [4.69, 9.17) is 14.2 Å². The van der Waals surface area contributed by atoms with Crippen LogP contribution in [-0.2, 0) is 14.2 Å². The number of hydrogen-bond donors (Lipinski definition) is 1. The molecule has 41 heavy (non-hydrogen) atoms. The quantitative estimate of drug-likeness (QED) is 0.287. The van der Waals surface area contributed by atoms with Gasteiger partial charge in [0.15, 0.2) is 5.79 Å². The second kappa shape index (κ2) is 11.1. The number of carbonyl (C=O) groups excluding carboxylic acids is 1. The number of ether oxygens (including phenoxy) is 3. The molecule has 0 radical (unpaired) electrons. The predicted molar refractivity (Wildman–Crippen MR) is 160 cm³/mol. The first-order valence-corrected chi connectivity index (χ1v) is 16.5. The summed E-state index contributed by atoms with van der Waals surface area (Å²) in [6.07, 6.45) is 12.6. The Bertz CT molecular complexity index is 1110. The van der Waals surface area contributed by atoms with Gasteiger partial charge in [-0.05, 0) is 97.0 Å². The summed E-state index contributed by atoms with van der Waals surface area (Å²) in [4.78, 5) is 13.5. The lowest BCUT2D eigenvalue weighted by Crippen LogP contribution is -2.60. The molecule has 5 aliphatic rings. The monoisotopic (exact) mass is 564 g/mol. The zero-order chi connectivity index (χ0) is 29.0. The van der Waals surface area contributed by atoms with Crippen LogP contribution in [0.5, 0.6) is 0 Å². The average Bonchev–Trinajstić information content (AvgIpc) is 3.56. The lowest BCUT2D eigenvalue weighted by molar-refractivity contribution is -0.242. The Morgan fingerprint density at radius 1 is 0.951 bits per heavy atom. The first kappa shape index (κ1) is 29.4. The van der Waals surface area contributed by atoms with Crippen LogP contribution in [0.2, 0.25) is 0 Å². The minimum absolute atomic E-state index is 0.0840. The molecule has 1 saturated heterocycles. The van der Waals surface area contributed by atoms with Crippen LogP contribution < -0.4 is 0 Å². The van der Waals surface area contributed by atoms with Gasteiger partial charge in [0, 0.05) is 18.8 Å². The third-order valence-corrected chi connectivity index (χ3v) is 12.7. The lowest BCUT2D eigenvalue weighted by Gasteiger charge is -2.63. The van der Waals surface area contributed by atoms with Crippen LogP contribution in [-0.4, -0.2) is 42.3 Å². The summed E-state index contributed by atoms with van der Waals surface area (Å²) in [7, 11) is 0. The highest BCUT2D eigenvalue weighted by molar-refractivity contribution is 5.89.